The maximum absolute atomic E-state index is 4.68. The maximum atomic E-state index is 4.68. The Hall–Kier alpha value is 0.700. The second-order valence-electron chi connectivity index (χ2n) is 0.977. The highest BCUT2D eigenvalue weighted by atomic mass is 32.1. The third-order valence-corrected chi connectivity index (χ3v) is 1.11. The molecule has 0 nitrogen and oxygen atoms in total. The lowest BCUT2D eigenvalue weighted by molar-refractivity contribution is 1.15. The van der Waals surface area contributed by atoms with Gasteiger partial charge in [-0.05, 0) is 0 Å². The second kappa shape index (κ2) is 2.91. The molecule has 30 valence electrons. The molecule has 0 aliphatic heterocycles. The van der Waals surface area contributed by atoms with Gasteiger partial charge in [-0.3, -0.25) is 0 Å². The van der Waals surface area contributed by atoms with Crippen LogP contribution >= 0.6 is 25.3 Å². The number of rotatable bonds is 1. The molecule has 1 unspecified atom stereocenters. The second-order valence-corrected chi connectivity index (χ2v) is 2.12. The average molecular weight is 106 g/mol. The third kappa shape index (κ3) is 4.70. The summed E-state index contributed by atoms with van der Waals surface area (Å²) in [6, 6.07) is 0. The minimum atomic E-state index is 0.282. The van der Waals surface area contributed by atoms with Gasteiger partial charge in [-0.1, -0.05) is 32.2 Å². The molecule has 0 rings (SSSR count). The van der Waals surface area contributed by atoms with Crippen molar-refractivity contribution in [3.63, 3.8) is 0 Å². The monoisotopic (exact) mass is 106 g/mol. The van der Waals surface area contributed by atoms with Gasteiger partial charge < -0.3 is 0 Å². The zero-order valence-corrected chi connectivity index (χ0v) is 4.73. The zero-order valence-electron chi connectivity index (χ0n) is 3.10. The molecule has 5 heavy (non-hydrogen) atoms. The highest BCUT2D eigenvalue weighted by Crippen LogP contribution is 1.91. The Morgan fingerprint density at radius 1 is 1.80 bits per heavy atom. The first-order valence-corrected chi connectivity index (χ1v) is 2.56. The quantitative estimate of drug-likeness (QED) is 0.478. The largest absolute Gasteiger partial charge is 0.0929 e. The van der Waals surface area contributed by atoms with E-state index in [4.69, 9.17) is 0 Å². The lowest BCUT2D eigenvalue weighted by Crippen LogP contribution is -1.88. The first-order valence-electron chi connectivity index (χ1n) is 1.51. The SMILES string of the molecule is CC([S])C[S]. The van der Waals surface area contributed by atoms with Crippen LogP contribution < -0.4 is 0 Å². The van der Waals surface area contributed by atoms with Crippen LogP contribution in [0.1, 0.15) is 6.92 Å². The normalized spacial score (nSPS) is 15.0. The fourth-order valence-corrected chi connectivity index (χ4v) is 0. The van der Waals surface area contributed by atoms with Gasteiger partial charge in [0.2, 0.25) is 0 Å². The predicted octanol–water partition coefficient (Wildman–Crippen LogP) is 1.77. The molecule has 0 saturated heterocycles. The van der Waals surface area contributed by atoms with Gasteiger partial charge in [0, 0.05) is 11.0 Å². The average Bonchev–Trinajstić information content (AvgIpc) is 1.38. The molecular weight excluding hydrogens is 100 g/mol. The predicted molar refractivity (Wildman–Crippen MR) is 29.5 cm³/mol. The molecule has 2 heteroatoms. The number of hydrogen-bond donors (Lipinski definition) is 0. The summed E-state index contributed by atoms with van der Waals surface area (Å²) in [7, 11) is 0. The number of hydrogen-bond acceptors (Lipinski definition) is 0. The molecule has 2 radical (unpaired) electrons. The standard InChI is InChI=1S/C3H6S2/c1-3(5)2-4/h3H,2H2,1H3. The van der Waals surface area contributed by atoms with Crippen molar-refractivity contribution >= 4 is 25.3 Å². The topological polar surface area (TPSA) is 0 Å². The van der Waals surface area contributed by atoms with E-state index in [2.05, 4.69) is 25.3 Å². The van der Waals surface area contributed by atoms with E-state index in [-0.39, 0.29) is 5.25 Å². The van der Waals surface area contributed by atoms with Crippen LogP contribution in [0.3, 0.4) is 0 Å². The Labute approximate surface area is 43.8 Å². The summed E-state index contributed by atoms with van der Waals surface area (Å²) < 4.78 is 0. The van der Waals surface area contributed by atoms with E-state index in [1.54, 1.807) is 0 Å². The molecule has 0 heterocycles. The summed E-state index contributed by atoms with van der Waals surface area (Å²) in [5, 5.41) is 0.282. The summed E-state index contributed by atoms with van der Waals surface area (Å²) in [6.45, 7) is 1.93. The molecule has 0 aromatic carbocycles. The first-order chi connectivity index (χ1) is 2.27. The molecule has 0 N–H and O–H groups in total. The molecule has 0 bridgehead atoms. The van der Waals surface area contributed by atoms with Gasteiger partial charge in [0.1, 0.15) is 0 Å². The van der Waals surface area contributed by atoms with Crippen molar-refractivity contribution in [2.45, 2.75) is 12.2 Å². The van der Waals surface area contributed by atoms with Crippen molar-refractivity contribution in [1.29, 1.82) is 0 Å². The van der Waals surface area contributed by atoms with Crippen LogP contribution in [0.4, 0.5) is 0 Å². The highest BCUT2D eigenvalue weighted by Gasteiger charge is 1.84. The van der Waals surface area contributed by atoms with Crippen LogP contribution in [0.25, 0.3) is 0 Å². The van der Waals surface area contributed by atoms with Crippen LogP contribution in [-0.4, -0.2) is 11.0 Å². The molecule has 0 spiro atoms. The van der Waals surface area contributed by atoms with E-state index >= 15 is 0 Å². The van der Waals surface area contributed by atoms with E-state index in [9.17, 15) is 0 Å². The van der Waals surface area contributed by atoms with Crippen LogP contribution in [-0.2, 0) is 0 Å². The van der Waals surface area contributed by atoms with Crippen LogP contribution in [0.5, 0.6) is 0 Å². The van der Waals surface area contributed by atoms with Gasteiger partial charge in [-0.15, -0.1) is 0 Å². The van der Waals surface area contributed by atoms with Gasteiger partial charge in [-0.2, -0.15) is 0 Å². The lowest BCUT2D eigenvalue weighted by Gasteiger charge is -1.86. The minimum Gasteiger partial charge on any atom is -0.0929 e. The Kier molecular flexibility index (Phi) is 3.32. The summed E-state index contributed by atoms with van der Waals surface area (Å²) in [6.07, 6.45) is 0. The minimum absolute atomic E-state index is 0.282. The molecule has 0 aliphatic rings. The van der Waals surface area contributed by atoms with E-state index in [0.717, 1.165) is 0 Å². The summed E-state index contributed by atoms with van der Waals surface area (Å²) in [5.74, 6) is 0.704. The van der Waals surface area contributed by atoms with E-state index in [1.807, 2.05) is 6.92 Å². The Morgan fingerprint density at radius 3 is 2.00 bits per heavy atom. The fraction of sp³-hybridized carbons (Fsp3) is 1.00. The van der Waals surface area contributed by atoms with Crippen molar-refractivity contribution in [2.24, 2.45) is 0 Å². The van der Waals surface area contributed by atoms with Crippen molar-refractivity contribution in [2.75, 3.05) is 5.75 Å². The van der Waals surface area contributed by atoms with E-state index in [0.29, 0.717) is 5.75 Å². The summed E-state index contributed by atoms with van der Waals surface area (Å²) in [4.78, 5) is 0. The molecule has 0 fully saturated rings. The van der Waals surface area contributed by atoms with E-state index < -0.39 is 0 Å². The van der Waals surface area contributed by atoms with Crippen LogP contribution in [0, 0.1) is 0 Å². The Morgan fingerprint density at radius 2 is 2.00 bits per heavy atom. The Bertz CT molecular complexity index is 18.9. The molecule has 0 aliphatic carbocycles. The van der Waals surface area contributed by atoms with Gasteiger partial charge >= 0.3 is 0 Å². The summed E-state index contributed by atoms with van der Waals surface area (Å²) >= 11 is 9.25. The molecule has 0 aromatic heterocycles. The molecule has 0 amide bonds. The third-order valence-electron chi connectivity index (χ3n) is 0.235. The van der Waals surface area contributed by atoms with Crippen LogP contribution in [0.15, 0.2) is 0 Å². The van der Waals surface area contributed by atoms with Crippen molar-refractivity contribution in [3.8, 4) is 0 Å². The highest BCUT2D eigenvalue weighted by molar-refractivity contribution is 7.84. The first kappa shape index (κ1) is 5.70. The smallest absolute Gasteiger partial charge is 0.0222 e. The molecular formula is C3H6S2. The van der Waals surface area contributed by atoms with Crippen molar-refractivity contribution in [3.05, 3.63) is 0 Å². The zero-order chi connectivity index (χ0) is 4.28. The molecule has 0 saturated carbocycles. The van der Waals surface area contributed by atoms with Crippen LogP contribution in [0.2, 0.25) is 0 Å². The van der Waals surface area contributed by atoms with Gasteiger partial charge in [0.25, 0.3) is 0 Å². The molecule has 1 atom stereocenters. The molecule has 0 aromatic rings. The van der Waals surface area contributed by atoms with E-state index in [1.165, 1.54) is 0 Å². The Balaban J connectivity index is 2.54. The summed E-state index contributed by atoms with van der Waals surface area (Å²) in [5.41, 5.74) is 0. The van der Waals surface area contributed by atoms with Crippen molar-refractivity contribution in [1.82, 2.24) is 0 Å². The van der Waals surface area contributed by atoms with Gasteiger partial charge in [0.15, 0.2) is 0 Å². The fourth-order valence-electron chi connectivity index (χ4n) is 0. The van der Waals surface area contributed by atoms with Gasteiger partial charge in [-0.25, -0.2) is 0 Å². The lowest BCUT2D eigenvalue weighted by atomic mass is 10.6. The van der Waals surface area contributed by atoms with Gasteiger partial charge in [0.05, 0.1) is 0 Å². The van der Waals surface area contributed by atoms with Crippen molar-refractivity contribution < 1.29 is 0 Å². The maximum Gasteiger partial charge on any atom is 0.0222 e.